The molecule has 0 bridgehead atoms. The van der Waals surface area contributed by atoms with Gasteiger partial charge < -0.3 is 16.4 Å². The van der Waals surface area contributed by atoms with Gasteiger partial charge in [0.25, 0.3) is 0 Å². The maximum atomic E-state index is 12.2. The van der Waals surface area contributed by atoms with Gasteiger partial charge >= 0.3 is 6.03 Å². The lowest BCUT2D eigenvalue weighted by molar-refractivity contribution is -0.125. The maximum Gasteiger partial charge on any atom is 0.312 e. The van der Waals surface area contributed by atoms with Gasteiger partial charge in [0.1, 0.15) is 6.04 Å². The van der Waals surface area contributed by atoms with E-state index in [1.165, 1.54) is 0 Å². The van der Waals surface area contributed by atoms with Crippen molar-refractivity contribution in [2.24, 2.45) is 17.6 Å². The van der Waals surface area contributed by atoms with E-state index in [-0.39, 0.29) is 17.9 Å². The minimum absolute atomic E-state index is 0.0787. The van der Waals surface area contributed by atoms with Crippen LogP contribution in [0.3, 0.4) is 0 Å². The average molecular weight is 269 g/mol. The first kappa shape index (κ1) is 15.8. The lowest BCUT2D eigenvalue weighted by Crippen LogP contribution is -2.54. The standard InChI is InChI=1S/C14H27N3O2/c1-4-10(3)12(17-14(15)19)13(18)16-11-7-5-9(2)6-8-11/h9-12H,4-8H2,1-3H3,(H,16,18)(H3,15,17,19)/t9?,10-,11?,12+/m0/s1. The molecule has 0 saturated heterocycles. The van der Waals surface area contributed by atoms with Crippen LogP contribution in [0.1, 0.15) is 52.9 Å². The monoisotopic (exact) mass is 269 g/mol. The third-order valence-corrected chi connectivity index (χ3v) is 4.16. The Balaban J connectivity index is 2.53. The highest BCUT2D eigenvalue weighted by molar-refractivity contribution is 5.86. The summed E-state index contributed by atoms with van der Waals surface area (Å²) in [6.45, 7) is 6.19. The van der Waals surface area contributed by atoms with Gasteiger partial charge in [-0.2, -0.15) is 0 Å². The predicted octanol–water partition coefficient (Wildman–Crippen LogP) is 1.76. The zero-order valence-electron chi connectivity index (χ0n) is 12.2. The summed E-state index contributed by atoms with van der Waals surface area (Å²) in [5.74, 6) is 0.727. The molecule has 5 nitrogen and oxygen atoms in total. The molecule has 4 N–H and O–H groups in total. The molecule has 0 aromatic rings. The number of amides is 3. The Labute approximate surface area is 115 Å². The first-order valence-electron chi connectivity index (χ1n) is 7.30. The molecule has 0 aromatic carbocycles. The fourth-order valence-corrected chi connectivity index (χ4v) is 2.55. The van der Waals surface area contributed by atoms with Gasteiger partial charge in [-0.05, 0) is 37.5 Å². The molecule has 1 saturated carbocycles. The molecule has 0 heterocycles. The lowest BCUT2D eigenvalue weighted by Gasteiger charge is -2.30. The molecule has 1 aliphatic carbocycles. The van der Waals surface area contributed by atoms with Gasteiger partial charge in [-0.1, -0.05) is 27.2 Å². The van der Waals surface area contributed by atoms with Crippen molar-refractivity contribution < 1.29 is 9.59 Å². The van der Waals surface area contributed by atoms with Gasteiger partial charge in [-0.25, -0.2) is 4.79 Å². The van der Waals surface area contributed by atoms with Crippen LogP contribution in [0.25, 0.3) is 0 Å². The predicted molar refractivity (Wildman–Crippen MR) is 75.5 cm³/mol. The molecule has 1 rings (SSSR count). The van der Waals surface area contributed by atoms with Crippen LogP contribution in [0, 0.1) is 11.8 Å². The van der Waals surface area contributed by atoms with Crippen LogP contribution in [0.15, 0.2) is 0 Å². The van der Waals surface area contributed by atoms with Gasteiger partial charge in [-0.3, -0.25) is 4.79 Å². The first-order chi connectivity index (χ1) is 8.93. The smallest absolute Gasteiger partial charge is 0.312 e. The van der Waals surface area contributed by atoms with Crippen molar-refractivity contribution in [3.05, 3.63) is 0 Å². The number of rotatable bonds is 5. The van der Waals surface area contributed by atoms with E-state index in [0.29, 0.717) is 0 Å². The second-order valence-electron chi connectivity index (χ2n) is 5.84. The Morgan fingerprint density at radius 3 is 2.32 bits per heavy atom. The molecule has 0 aromatic heterocycles. The molecule has 0 radical (unpaired) electrons. The highest BCUT2D eigenvalue weighted by atomic mass is 16.2. The molecule has 0 aliphatic heterocycles. The zero-order chi connectivity index (χ0) is 14.4. The summed E-state index contributed by atoms with van der Waals surface area (Å²) in [4.78, 5) is 23.2. The van der Waals surface area contributed by atoms with Gasteiger partial charge in [0.2, 0.25) is 5.91 Å². The molecule has 1 aliphatic rings. The van der Waals surface area contributed by atoms with E-state index < -0.39 is 12.1 Å². The number of carbonyl (C=O) groups is 2. The Morgan fingerprint density at radius 2 is 1.84 bits per heavy atom. The van der Waals surface area contributed by atoms with Crippen molar-refractivity contribution in [2.45, 2.75) is 65.0 Å². The summed E-state index contributed by atoms with van der Waals surface area (Å²) in [5, 5.41) is 5.61. The summed E-state index contributed by atoms with van der Waals surface area (Å²) in [6.07, 6.45) is 5.18. The molecule has 5 heteroatoms. The summed E-state index contributed by atoms with van der Waals surface area (Å²) in [6, 6.07) is -0.926. The van der Waals surface area contributed by atoms with Gasteiger partial charge in [0.15, 0.2) is 0 Å². The fraction of sp³-hybridized carbons (Fsp3) is 0.857. The molecule has 110 valence electrons. The summed E-state index contributed by atoms with van der Waals surface area (Å²) in [7, 11) is 0. The van der Waals surface area contributed by atoms with Crippen LogP contribution in [0.4, 0.5) is 4.79 Å². The largest absolute Gasteiger partial charge is 0.352 e. The van der Waals surface area contributed by atoms with Crippen LogP contribution in [-0.4, -0.2) is 24.0 Å². The molecule has 2 atom stereocenters. The molecule has 0 spiro atoms. The number of carbonyl (C=O) groups excluding carboxylic acids is 2. The molecule has 0 unspecified atom stereocenters. The van der Waals surface area contributed by atoms with Crippen LogP contribution in [0.2, 0.25) is 0 Å². The minimum Gasteiger partial charge on any atom is -0.352 e. The van der Waals surface area contributed by atoms with Gasteiger partial charge in [0, 0.05) is 6.04 Å². The van der Waals surface area contributed by atoms with Crippen LogP contribution in [0.5, 0.6) is 0 Å². The highest BCUT2D eigenvalue weighted by Crippen LogP contribution is 2.23. The quantitative estimate of drug-likeness (QED) is 0.710. The summed E-state index contributed by atoms with van der Waals surface area (Å²) >= 11 is 0. The second kappa shape index (κ2) is 7.36. The van der Waals surface area contributed by atoms with Crippen molar-refractivity contribution in [1.29, 1.82) is 0 Å². The van der Waals surface area contributed by atoms with Crippen molar-refractivity contribution in [3.63, 3.8) is 0 Å². The lowest BCUT2D eigenvalue weighted by atomic mass is 9.87. The average Bonchev–Trinajstić information content (AvgIpc) is 2.37. The third kappa shape index (κ3) is 5.09. The van der Waals surface area contributed by atoms with E-state index >= 15 is 0 Å². The Morgan fingerprint density at radius 1 is 1.26 bits per heavy atom. The first-order valence-corrected chi connectivity index (χ1v) is 7.30. The number of hydrogen-bond acceptors (Lipinski definition) is 2. The van der Waals surface area contributed by atoms with Crippen molar-refractivity contribution in [3.8, 4) is 0 Å². The van der Waals surface area contributed by atoms with Crippen LogP contribution < -0.4 is 16.4 Å². The van der Waals surface area contributed by atoms with E-state index in [1.807, 2.05) is 13.8 Å². The van der Waals surface area contributed by atoms with E-state index in [2.05, 4.69) is 17.6 Å². The van der Waals surface area contributed by atoms with Crippen molar-refractivity contribution in [2.75, 3.05) is 0 Å². The number of primary amides is 1. The molecule has 3 amide bonds. The Bertz CT molecular complexity index is 312. The molecular weight excluding hydrogens is 242 g/mol. The van der Waals surface area contributed by atoms with E-state index in [0.717, 1.165) is 38.0 Å². The summed E-state index contributed by atoms with van der Waals surface area (Å²) in [5.41, 5.74) is 5.14. The number of urea groups is 1. The van der Waals surface area contributed by atoms with E-state index in [9.17, 15) is 9.59 Å². The molecular formula is C14H27N3O2. The van der Waals surface area contributed by atoms with Crippen molar-refractivity contribution in [1.82, 2.24) is 10.6 Å². The van der Waals surface area contributed by atoms with Gasteiger partial charge in [0.05, 0.1) is 0 Å². The normalized spacial score (nSPS) is 26.3. The van der Waals surface area contributed by atoms with E-state index in [1.54, 1.807) is 0 Å². The maximum absolute atomic E-state index is 12.2. The third-order valence-electron chi connectivity index (χ3n) is 4.16. The van der Waals surface area contributed by atoms with Crippen molar-refractivity contribution >= 4 is 11.9 Å². The topological polar surface area (TPSA) is 84.2 Å². The zero-order valence-corrected chi connectivity index (χ0v) is 12.2. The molecule has 1 fully saturated rings. The molecule has 19 heavy (non-hydrogen) atoms. The van der Waals surface area contributed by atoms with Crippen LogP contribution >= 0.6 is 0 Å². The number of nitrogens with one attached hydrogen (secondary N) is 2. The highest BCUT2D eigenvalue weighted by Gasteiger charge is 2.28. The number of hydrogen-bond donors (Lipinski definition) is 3. The Hall–Kier alpha value is -1.26. The fourth-order valence-electron chi connectivity index (χ4n) is 2.55. The summed E-state index contributed by atoms with van der Waals surface area (Å²) < 4.78 is 0. The minimum atomic E-state index is -0.641. The second-order valence-corrected chi connectivity index (χ2v) is 5.84. The SMILES string of the molecule is CC[C@H](C)[C@@H](NC(N)=O)C(=O)NC1CCC(C)CC1. The Kier molecular flexibility index (Phi) is 6.12. The van der Waals surface area contributed by atoms with Crippen LogP contribution in [-0.2, 0) is 4.79 Å². The van der Waals surface area contributed by atoms with E-state index in [4.69, 9.17) is 5.73 Å². The number of nitrogens with two attached hydrogens (primary N) is 1. The van der Waals surface area contributed by atoms with Gasteiger partial charge in [-0.15, -0.1) is 0 Å².